The first-order valence-electron chi connectivity index (χ1n) is 9.10. The highest BCUT2D eigenvalue weighted by molar-refractivity contribution is 5.88. The van der Waals surface area contributed by atoms with Gasteiger partial charge in [0.1, 0.15) is 0 Å². The van der Waals surface area contributed by atoms with Gasteiger partial charge in [-0.15, -0.1) is 0 Å². The number of carbonyl (C=O) groups is 1. The monoisotopic (exact) mass is 306 g/mol. The van der Waals surface area contributed by atoms with Gasteiger partial charge in [-0.25, -0.2) is 0 Å². The Morgan fingerprint density at radius 1 is 1.23 bits per heavy atom. The number of carbonyl (C=O) groups excluding carboxylic acids is 1. The number of fused-ring (bicyclic) bond motifs is 3. The van der Waals surface area contributed by atoms with Crippen LogP contribution in [0.2, 0.25) is 0 Å². The van der Waals surface area contributed by atoms with Crippen molar-refractivity contribution in [1.29, 1.82) is 0 Å². The average molecular weight is 306 g/mol. The SMILES string of the molecule is O=C(/C=C1/CN2CCC1CC2)NC(CCO)C1CCCCC1. The van der Waals surface area contributed by atoms with E-state index in [1.807, 2.05) is 6.08 Å². The topological polar surface area (TPSA) is 52.6 Å². The van der Waals surface area contributed by atoms with E-state index in [2.05, 4.69) is 10.2 Å². The van der Waals surface area contributed by atoms with Gasteiger partial charge in [-0.2, -0.15) is 0 Å². The molecule has 2 N–H and O–H groups in total. The van der Waals surface area contributed by atoms with Gasteiger partial charge in [-0.1, -0.05) is 19.3 Å². The third-order valence-corrected chi connectivity index (χ3v) is 5.82. The summed E-state index contributed by atoms with van der Waals surface area (Å²) in [5.41, 5.74) is 1.32. The molecule has 1 aliphatic carbocycles. The number of aliphatic hydroxyl groups excluding tert-OH is 1. The molecule has 22 heavy (non-hydrogen) atoms. The van der Waals surface area contributed by atoms with Gasteiger partial charge in [0.2, 0.25) is 5.91 Å². The average Bonchev–Trinajstić information content (AvgIpc) is 2.56. The lowest BCUT2D eigenvalue weighted by Crippen LogP contribution is -2.44. The van der Waals surface area contributed by atoms with Crippen molar-refractivity contribution in [2.75, 3.05) is 26.2 Å². The Labute approximate surface area is 134 Å². The number of amides is 1. The van der Waals surface area contributed by atoms with Crippen molar-refractivity contribution in [2.45, 2.75) is 57.4 Å². The van der Waals surface area contributed by atoms with Crippen LogP contribution in [0.5, 0.6) is 0 Å². The highest BCUT2D eigenvalue weighted by atomic mass is 16.3. The number of rotatable bonds is 5. The largest absolute Gasteiger partial charge is 0.396 e. The van der Waals surface area contributed by atoms with Crippen molar-refractivity contribution < 1.29 is 9.90 Å². The molecule has 3 heterocycles. The predicted molar refractivity (Wildman–Crippen MR) is 87.5 cm³/mol. The molecular weight excluding hydrogens is 276 g/mol. The molecule has 1 saturated carbocycles. The summed E-state index contributed by atoms with van der Waals surface area (Å²) in [5, 5.41) is 12.5. The Morgan fingerprint density at radius 2 is 1.95 bits per heavy atom. The molecule has 3 saturated heterocycles. The molecule has 0 spiro atoms. The van der Waals surface area contributed by atoms with E-state index in [0.717, 1.165) is 6.54 Å². The summed E-state index contributed by atoms with van der Waals surface area (Å²) in [7, 11) is 0. The fourth-order valence-electron chi connectivity index (χ4n) is 4.51. The molecule has 4 aliphatic rings. The second kappa shape index (κ2) is 7.60. The molecule has 0 aromatic heterocycles. The molecule has 4 fully saturated rings. The maximum atomic E-state index is 12.4. The van der Waals surface area contributed by atoms with Gasteiger partial charge in [0.15, 0.2) is 0 Å². The summed E-state index contributed by atoms with van der Waals surface area (Å²) in [4.78, 5) is 14.9. The Balaban J connectivity index is 1.58. The fourth-order valence-corrected chi connectivity index (χ4v) is 4.51. The Hall–Kier alpha value is -0.870. The van der Waals surface area contributed by atoms with Crippen molar-refractivity contribution >= 4 is 5.91 Å². The minimum absolute atomic E-state index is 0.0628. The van der Waals surface area contributed by atoms with E-state index in [4.69, 9.17) is 0 Å². The quantitative estimate of drug-likeness (QED) is 0.765. The van der Waals surface area contributed by atoms with Gasteiger partial charge < -0.3 is 10.4 Å². The molecule has 124 valence electrons. The standard InChI is InChI=1S/C18H30N2O2/c21-11-8-17(15-4-2-1-3-5-15)19-18(22)12-16-13-20-9-6-14(16)7-10-20/h12,14-15,17,21H,1-11,13H2,(H,19,22)/b16-12-. The van der Waals surface area contributed by atoms with E-state index < -0.39 is 0 Å². The highest BCUT2D eigenvalue weighted by Gasteiger charge is 2.30. The second-order valence-corrected chi connectivity index (χ2v) is 7.30. The first-order valence-corrected chi connectivity index (χ1v) is 9.10. The summed E-state index contributed by atoms with van der Waals surface area (Å²) in [5.74, 6) is 1.24. The number of hydrogen-bond donors (Lipinski definition) is 2. The van der Waals surface area contributed by atoms with Crippen molar-refractivity contribution in [2.24, 2.45) is 11.8 Å². The van der Waals surface area contributed by atoms with Gasteiger partial charge in [0.25, 0.3) is 0 Å². The maximum Gasteiger partial charge on any atom is 0.244 e. The summed E-state index contributed by atoms with van der Waals surface area (Å²) in [6, 6.07) is 0.149. The molecule has 1 amide bonds. The van der Waals surface area contributed by atoms with E-state index in [-0.39, 0.29) is 18.6 Å². The van der Waals surface area contributed by atoms with E-state index in [1.54, 1.807) is 0 Å². The van der Waals surface area contributed by atoms with Crippen LogP contribution in [0.15, 0.2) is 11.6 Å². The molecule has 1 unspecified atom stereocenters. The lowest BCUT2D eigenvalue weighted by atomic mass is 9.82. The van der Waals surface area contributed by atoms with Crippen LogP contribution in [-0.4, -0.2) is 48.2 Å². The van der Waals surface area contributed by atoms with Crippen LogP contribution in [0.25, 0.3) is 0 Å². The molecule has 2 bridgehead atoms. The van der Waals surface area contributed by atoms with Crippen LogP contribution in [-0.2, 0) is 4.79 Å². The van der Waals surface area contributed by atoms with Crippen molar-refractivity contribution in [3.05, 3.63) is 11.6 Å². The van der Waals surface area contributed by atoms with Gasteiger partial charge in [0, 0.05) is 25.3 Å². The van der Waals surface area contributed by atoms with Crippen LogP contribution in [0.3, 0.4) is 0 Å². The normalized spacial score (nSPS) is 32.1. The molecule has 0 radical (unpaired) electrons. The van der Waals surface area contributed by atoms with Crippen LogP contribution < -0.4 is 5.32 Å². The third kappa shape index (κ3) is 3.90. The molecule has 0 aromatic rings. The van der Waals surface area contributed by atoms with Crippen molar-refractivity contribution in [3.63, 3.8) is 0 Å². The summed E-state index contributed by atoms with van der Waals surface area (Å²) in [6.45, 7) is 3.53. The van der Waals surface area contributed by atoms with E-state index >= 15 is 0 Å². The van der Waals surface area contributed by atoms with Gasteiger partial charge in [-0.3, -0.25) is 9.69 Å². The first kappa shape index (κ1) is 16.0. The Morgan fingerprint density at radius 3 is 2.55 bits per heavy atom. The molecule has 1 atom stereocenters. The van der Waals surface area contributed by atoms with Crippen LogP contribution in [0, 0.1) is 11.8 Å². The second-order valence-electron chi connectivity index (χ2n) is 7.30. The number of aliphatic hydroxyl groups is 1. The Bertz CT molecular complexity index is 407. The molecule has 4 nitrogen and oxygen atoms in total. The predicted octanol–water partition coefficient (Wildman–Crippen LogP) is 2.09. The smallest absolute Gasteiger partial charge is 0.244 e. The van der Waals surface area contributed by atoms with E-state index in [9.17, 15) is 9.90 Å². The molecule has 0 aromatic carbocycles. The van der Waals surface area contributed by atoms with Gasteiger partial charge >= 0.3 is 0 Å². The lowest BCUT2D eigenvalue weighted by molar-refractivity contribution is -0.117. The van der Waals surface area contributed by atoms with Crippen LogP contribution >= 0.6 is 0 Å². The number of nitrogens with zero attached hydrogens (tertiary/aromatic N) is 1. The minimum Gasteiger partial charge on any atom is -0.396 e. The lowest BCUT2D eigenvalue weighted by Gasteiger charge is -2.41. The zero-order chi connectivity index (χ0) is 15.4. The zero-order valence-electron chi connectivity index (χ0n) is 13.6. The van der Waals surface area contributed by atoms with Crippen molar-refractivity contribution in [1.82, 2.24) is 10.2 Å². The van der Waals surface area contributed by atoms with Crippen LogP contribution in [0.4, 0.5) is 0 Å². The van der Waals surface area contributed by atoms with Gasteiger partial charge in [0.05, 0.1) is 0 Å². The summed E-state index contributed by atoms with van der Waals surface area (Å²) < 4.78 is 0. The first-order chi connectivity index (χ1) is 10.8. The minimum atomic E-state index is 0.0628. The van der Waals surface area contributed by atoms with Crippen LogP contribution in [0.1, 0.15) is 51.4 Å². The number of piperidine rings is 3. The summed E-state index contributed by atoms with van der Waals surface area (Å²) >= 11 is 0. The van der Waals surface area contributed by atoms with Crippen molar-refractivity contribution in [3.8, 4) is 0 Å². The van der Waals surface area contributed by atoms with E-state index in [1.165, 1.54) is 63.6 Å². The molecule has 4 rings (SSSR count). The number of nitrogens with one attached hydrogen (secondary N) is 1. The molecular formula is C18H30N2O2. The maximum absolute atomic E-state index is 12.4. The highest BCUT2D eigenvalue weighted by Crippen LogP contribution is 2.32. The summed E-state index contributed by atoms with van der Waals surface area (Å²) in [6.07, 6.45) is 11.2. The molecule has 4 heteroatoms. The third-order valence-electron chi connectivity index (χ3n) is 5.82. The zero-order valence-corrected chi connectivity index (χ0v) is 13.6. The molecule has 3 aliphatic heterocycles. The number of hydrogen-bond acceptors (Lipinski definition) is 3. The van der Waals surface area contributed by atoms with Gasteiger partial charge in [-0.05, 0) is 62.6 Å². The fraction of sp³-hybridized carbons (Fsp3) is 0.833. The van der Waals surface area contributed by atoms with E-state index in [0.29, 0.717) is 18.3 Å². The Kier molecular flexibility index (Phi) is 5.53.